The molecular formula is C19H21F2N5O3. The number of carbonyl (C=O) groups is 1. The average molecular weight is 405 g/mol. The van der Waals surface area contributed by atoms with Crippen LogP contribution in [0.5, 0.6) is 0 Å². The number of anilines is 1. The van der Waals surface area contributed by atoms with E-state index in [0.29, 0.717) is 34.4 Å². The summed E-state index contributed by atoms with van der Waals surface area (Å²) in [5, 5.41) is 20.2. The molecule has 4 N–H and O–H groups in total. The Balaban J connectivity index is 1.52. The fraction of sp³-hybridized carbons (Fsp3) is 0.368. The number of H-pyrrole nitrogens is 2. The van der Waals surface area contributed by atoms with Crippen molar-refractivity contribution in [2.75, 3.05) is 5.32 Å². The van der Waals surface area contributed by atoms with Crippen LogP contribution in [0.1, 0.15) is 42.5 Å². The number of fused-ring (bicyclic) bond motifs is 2. The lowest BCUT2D eigenvalue weighted by Gasteiger charge is -2.29. The summed E-state index contributed by atoms with van der Waals surface area (Å²) >= 11 is 0. The Morgan fingerprint density at radius 3 is 2.76 bits per heavy atom. The zero-order valence-corrected chi connectivity index (χ0v) is 16.1. The first-order chi connectivity index (χ1) is 13.6. The van der Waals surface area contributed by atoms with E-state index in [9.17, 15) is 18.7 Å². The molecule has 10 heteroatoms. The summed E-state index contributed by atoms with van der Waals surface area (Å²) in [6.07, 6.45) is 0.333. The van der Waals surface area contributed by atoms with Crippen molar-refractivity contribution in [3.05, 3.63) is 46.9 Å². The van der Waals surface area contributed by atoms with Gasteiger partial charge in [-0.15, -0.1) is 0 Å². The van der Waals surface area contributed by atoms with Crippen LogP contribution in [0.2, 0.25) is 0 Å². The molecule has 0 spiro atoms. The molecule has 0 fully saturated rings. The summed E-state index contributed by atoms with van der Waals surface area (Å²) in [5.41, 5.74) is 1.67. The van der Waals surface area contributed by atoms with E-state index in [4.69, 9.17) is 4.74 Å². The Hall–Kier alpha value is -2.82. The zero-order chi connectivity index (χ0) is 20.9. The number of carbonyl (C=O) groups excluding carboxylic acids is 1. The number of hydrogen-bond acceptors (Lipinski definition) is 5. The van der Waals surface area contributed by atoms with Gasteiger partial charge in [0, 0.05) is 36.3 Å². The largest absolute Gasteiger partial charge is 0.359 e. The van der Waals surface area contributed by atoms with Crippen LogP contribution >= 0.6 is 0 Å². The maximum Gasteiger partial charge on any atom is 0.276 e. The third-order valence-corrected chi connectivity index (χ3v) is 4.63. The highest BCUT2D eigenvalue weighted by Crippen LogP contribution is 2.29. The van der Waals surface area contributed by atoms with Gasteiger partial charge in [0.25, 0.3) is 5.91 Å². The second-order valence-corrected chi connectivity index (χ2v) is 7.96. The number of aliphatic hydroxyl groups excluding tert-OH is 1. The summed E-state index contributed by atoms with van der Waals surface area (Å²) in [4.78, 5) is 17.2. The number of halogens is 2. The van der Waals surface area contributed by atoms with E-state index in [-0.39, 0.29) is 12.2 Å². The maximum atomic E-state index is 13.6. The summed E-state index contributed by atoms with van der Waals surface area (Å²) in [5.74, 6) is -2.48. The number of nitrogens with zero attached hydrogens (tertiary/aromatic N) is 2. The highest BCUT2D eigenvalue weighted by Gasteiger charge is 2.33. The molecule has 4 rings (SSSR count). The van der Waals surface area contributed by atoms with Gasteiger partial charge in [-0.3, -0.25) is 9.89 Å². The van der Waals surface area contributed by atoms with Gasteiger partial charge in [0.05, 0.1) is 22.5 Å². The van der Waals surface area contributed by atoms with Crippen molar-refractivity contribution in [1.29, 1.82) is 0 Å². The fourth-order valence-corrected chi connectivity index (χ4v) is 3.30. The SMILES string of the molecule is CC(C)(C)OC(O)N1Cc2[nH]nc(C(=O)Nc3c[nH]c4cc(F)c(F)cc34)c2C1. The molecule has 1 amide bonds. The third kappa shape index (κ3) is 3.74. The number of hydrogen-bond donors (Lipinski definition) is 4. The van der Waals surface area contributed by atoms with Crippen molar-refractivity contribution in [3.8, 4) is 0 Å². The Bertz CT molecular complexity index is 1090. The number of aromatic nitrogens is 3. The minimum Gasteiger partial charge on any atom is -0.359 e. The summed E-state index contributed by atoms with van der Waals surface area (Å²) < 4.78 is 32.5. The standard InChI is InChI=1S/C19H21F2N5O3/c1-19(2,3)29-18(28)26-7-10-15(8-26)24-25-16(10)17(27)23-14-6-22-13-5-12(21)11(20)4-9(13)14/h4-6,18,22,28H,7-8H2,1-3H3,(H,23,27)(H,24,25). The van der Waals surface area contributed by atoms with Gasteiger partial charge in [-0.1, -0.05) is 0 Å². The number of ether oxygens (including phenoxy) is 1. The monoisotopic (exact) mass is 405 g/mol. The van der Waals surface area contributed by atoms with Crippen LogP contribution < -0.4 is 5.32 Å². The molecule has 0 aliphatic carbocycles. The number of aromatic amines is 2. The number of nitrogens with one attached hydrogen (secondary N) is 3. The molecule has 1 aliphatic heterocycles. The van der Waals surface area contributed by atoms with Crippen molar-refractivity contribution in [2.45, 2.75) is 45.9 Å². The maximum absolute atomic E-state index is 13.6. The van der Waals surface area contributed by atoms with Crippen LogP contribution in [0, 0.1) is 11.6 Å². The number of aliphatic hydroxyl groups is 1. The smallest absolute Gasteiger partial charge is 0.276 e. The van der Waals surface area contributed by atoms with E-state index in [1.165, 1.54) is 6.20 Å². The van der Waals surface area contributed by atoms with Crippen LogP contribution in [-0.4, -0.2) is 43.1 Å². The number of benzene rings is 1. The average Bonchev–Trinajstić information content (AvgIpc) is 3.29. The molecule has 154 valence electrons. The van der Waals surface area contributed by atoms with E-state index in [2.05, 4.69) is 20.5 Å². The molecule has 1 unspecified atom stereocenters. The molecule has 0 saturated heterocycles. The van der Waals surface area contributed by atoms with Crippen LogP contribution in [0.4, 0.5) is 14.5 Å². The lowest BCUT2D eigenvalue weighted by Crippen LogP contribution is -2.39. The van der Waals surface area contributed by atoms with Crippen molar-refractivity contribution in [2.24, 2.45) is 0 Å². The van der Waals surface area contributed by atoms with E-state index in [0.717, 1.165) is 12.1 Å². The molecule has 0 bridgehead atoms. The number of rotatable bonds is 4. The van der Waals surface area contributed by atoms with Gasteiger partial charge >= 0.3 is 0 Å². The van der Waals surface area contributed by atoms with Gasteiger partial charge in [0.2, 0.25) is 6.41 Å². The van der Waals surface area contributed by atoms with Gasteiger partial charge in [0.1, 0.15) is 0 Å². The van der Waals surface area contributed by atoms with Crippen molar-refractivity contribution in [3.63, 3.8) is 0 Å². The van der Waals surface area contributed by atoms with Crippen LogP contribution in [0.25, 0.3) is 10.9 Å². The Morgan fingerprint density at radius 2 is 2.03 bits per heavy atom. The Kier molecular flexibility index (Phi) is 4.64. The number of amides is 1. The minimum atomic E-state index is -1.13. The second-order valence-electron chi connectivity index (χ2n) is 7.96. The lowest BCUT2D eigenvalue weighted by atomic mass is 10.2. The molecule has 8 nitrogen and oxygen atoms in total. The topological polar surface area (TPSA) is 106 Å². The van der Waals surface area contributed by atoms with E-state index >= 15 is 0 Å². The van der Waals surface area contributed by atoms with E-state index in [1.54, 1.807) is 4.90 Å². The normalized spacial score (nSPS) is 15.7. The lowest BCUT2D eigenvalue weighted by molar-refractivity contribution is -0.241. The van der Waals surface area contributed by atoms with Gasteiger partial charge in [-0.2, -0.15) is 5.10 Å². The quantitative estimate of drug-likeness (QED) is 0.500. The van der Waals surface area contributed by atoms with Crippen molar-refractivity contribution in [1.82, 2.24) is 20.1 Å². The molecule has 1 aliphatic rings. The molecule has 3 aromatic rings. The van der Waals surface area contributed by atoms with Gasteiger partial charge in [-0.25, -0.2) is 13.7 Å². The Labute approximate surface area is 164 Å². The first-order valence-corrected chi connectivity index (χ1v) is 9.06. The minimum absolute atomic E-state index is 0.169. The van der Waals surface area contributed by atoms with E-state index in [1.807, 2.05) is 20.8 Å². The predicted molar refractivity (Wildman–Crippen MR) is 101 cm³/mol. The summed E-state index contributed by atoms with van der Waals surface area (Å²) in [7, 11) is 0. The first kappa shape index (κ1) is 19.5. The molecule has 2 aromatic heterocycles. The summed E-state index contributed by atoms with van der Waals surface area (Å²) in [6.45, 7) is 6.13. The molecule has 0 saturated carbocycles. The molecule has 0 radical (unpaired) electrons. The molecule has 29 heavy (non-hydrogen) atoms. The van der Waals surface area contributed by atoms with Crippen LogP contribution in [0.3, 0.4) is 0 Å². The fourth-order valence-electron chi connectivity index (χ4n) is 3.30. The molecule has 1 atom stereocenters. The highest BCUT2D eigenvalue weighted by molar-refractivity contribution is 6.08. The van der Waals surface area contributed by atoms with Gasteiger partial charge < -0.3 is 20.1 Å². The van der Waals surface area contributed by atoms with Gasteiger partial charge in [-0.05, 0) is 26.8 Å². The van der Waals surface area contributed by atoms with Crippen molar-refractivity contribution < 1.29 is 23.4 Å². The first-order valence-electron chi connectivity index (χ1n) is 9.06. The summed E-state index contributed by atoms with van der Waals surface area (Å²) in [6, 6.07) is 2.05. The molecular weight excluding hydrogens is 384 g/mol. The van der Waals surface area contributed by atoms with Crippen LogP contribution in [-0.2, 0) is 17.8 Å². The third-order valence-electron chi connectivity index (χ3n) is 4.63. The Morgan fingerprint density at radius 1 is 1.31 bits per heavy atom. The second kappa shape index (κ2) is 6.90. The molecule has 3 heterocycles. The predicted octanol–water partition coefficient (Wildman–Crippen LogP) is 2.83. The van der Waals surface area contributed by atoms with Crippen LogP contribution in [0.15, 0.2) is 18.3 Å². The zero-order valence-electron chi connectivity index (χ0n) is 16.1. The molecule has 1 aromatic carbocycles. The highest BCUT2D eigenvalue weighted by atomic mass is 19.2. The van der Waals surface area contributed by atoms with Gasteiger partial charge in [0.15, 0.2) is 17.3 Å². The van der Waals surface area contributed by atoms with Crippen molar-refractivity contribution >= 4 is 22.5 Å². The van der Waals surface area contributed by atoms with E-state index < -0.39 is 29.6 Å².